The van der Waals surface area contributed by atoms with Crippen molar-refractivity contribution in [2.75, 3.05) is 26.2 Å². The van der Waals surface area contributed by atoms with E-state index in [9.17, 15) is 4.79 Å². The van der Waals surface area contributed by atoms with E-state index in [0.29, 0.717) is 23.7 Å². The third-order valence-electron chi connectivity index (χ3n) is 4.20. The van der Waals surface area contributed by atoms with Crippen LogP contribution in [0.1, 0.15) is 30.1 Å². The number of amides is 1. The standard InChI is InChI=1S/C16H20ClN3O/c1-12-5-8-19(9-6-12)16-18-7-10-20(16)15(21)13-3-2-4-14(17)11-13/h2-4,11-12H,5-10H2,1H3. The zero-order valence-corrected chi connectivity index (χ0v) is 13.0. The lowest BCUT2D eigenvalue weighted by molar-refractivity contribution is 0.0839. The predicted octanol–water partition coefficient (Wildman–Crippen LogP) is 2.88. The van der Waals surface area contributed by atoms with Gasteiger partial charge in [-0.15, -0.1) is 0 Å². The average molecular weight is 306 g/mol. The molecule has 1 saturated heterocycles. The van der Waals surface area contributed by atoms with Crippen LogP contribution in [0.15, 0.2) is 29.3 Å². The third kappa shape index (κ3) is 3.05. The maximum absolute atomic E-state index is 12.7. The highest BCUT2D eigenvalue weighted by Crippen LogP contribution is 2.21. The number of carbonyl (C=O) groups is 1. The molecule has 0 spiro atoms. The number of benzene rings is 1. The van der Waals surface area contributed by atoms with Crippen molar-refractivity contribution < 1.29 is 4.79 Å². The Hall–Kier alpha value is -1.55. The quantitative estimate of drug-likeness (QED) is 0.800. The number of hydrogen-bond acceptors (Lipinski definition) is 3. The summed E-state index contributed by atoms with van der Waals surface area (Å²) >= 11 is 5.99. The SMILES string of the molecule is CC1CCN(C2=NCCN2C(=O)c2cccc(Cl)c2)CC1. The molecule has 1 aromatic rings. The van der Waals surface area contributed by atoms with Crippen molar-refractivity contribution in [2.24, 2.45) is 10.9 Å². The van der Waals surface area contributed by atoms with Gasteiger partial charge in [-0.1, -0.05) is 24.6 Å². The predicted molar refractivity (Wildman–Crippen MR) is 84.8 cm³/mol. The average Bonchev–Trinajstić information content (AvgIpc) is 2.96. The molecule has 4 nitrogen and oxygen atoms in total. The summed E-state index contributed by atoms with van der Waals surface area (Å²) in [4.78, 5) is 21.3. The fourth-order valence-electron chi connectivity index (χ4n) is 2.88. The molecule has 112 valence electrons. The maximum Gasteiger partial charge on any atom is 0.260 e. The first-order chi connectivity index (χ1) is 10.1. The summed E-state index contributed by atoms with van der Waals surface area (Å²) in [6, 6.07) is 7.12. The Morgan fingerprint density at radius 3 is 2.76 bits per heavy atom. The molecule has 0 aliphatic carbocycles. The molecule has 0 unspecified atom stereocenters. The normalized spacial score (nSPS) is 19.8. The van der Waals surface area contributed by atoms with Crippen LogP contribution in [0.3, 0.4) is 0 Å². The summed E-state index contributed by atoms with van der Waals surface area (Å²) in [5, 5.41) is 0.588. The van der Waals surface area contributed by atoms with E-state index in [-0.39, 0.29) is 5.91 Å². The van der Waals surface area contributed by atoms with Crippen LogP contribution in [-0.4, -0.2) is 47.8 Å². The van der Waals surface area contributed by atoms with Crippen molar-refractivity contribution in [3.05, 3.63) is 34.9 Å². The van der Waals surface area contributed by atoms with Gasteiger partial charge >= 0.3 is 0 Å². The Kier molecular flexibility index (Phi) is 4.15. The molecular weight excluding hydrogens is 286 g/mol. The molecule has 0 bridgehead atoms. The summed E-state index contributed by atoms with van der Waals surface area (Å²) in [6.45, 7) is 5.60. The van der Waals surface area contributed by atoms with Crippen molar-refractivity contribution in [3.63, 3.8) is 0 Å². The second-order valence-corrected chi connectivity index (χ2v) is 6.25. The monoisotopic (exact) mass is 305 g/mol. The minimum atomic E-state index is -0.00706. The minimum absolute atomic E-state index is 0.00706. The van der Waals surface area contributed by atoms with Crippen molar-refractivity contribution in [3.8, 4) is 0 Å². The smallest absolute Gasteiger partial charge is 0.260 e. The first kappa shape index (κ1) is 14.4. The van der Waals surface area contributed by atoms with E-state index in [4.69, 9.17) is 11.6 Å². The summed E-state index contributed by atoms with van der Waals surface area (Å²) in [5.74, 6) is 1.60. The Bertz CT molecular complexity index is 564. The van der Waals surface area contributed by atoms with Gasteiger partial charge in [0.1, 0.15) is 0 Å². The van der Waals surface area contributed by atoms with Crippen LogP contribution < -0.4 is 0 Å². The topological polar surface area (TPSA) is 35.9 Å². The number of nitrogens with zero attached hydrogens (tertiary/aromatic N) is 3. The highest BCUT2D eigenvalue weighted by atomic mass is 35.5. The van der Waals surface area contributed by atoms with Gasteiger partial charge in [-0.25, -0.2) is 0 Å². The van der Waals surface area contributed by atoms with Crippen LogP contribution in [0.2, 0.25) is 5.02 Å². The summed E-state index contributed by atoms with van der Waals surface area (Å²) in [6.07, 6.45) is 2.33. The number of halogens is 1. The Balaban J connectivity index is 1.76. The van der Waals surface area contributed by atoms with Gasteiger partial charge in [-0.3, -0.25) is 14.7 Å². The number of likely N-dealkylation sites (tertiary alicyclic amines) is 1. The molecule has 2 aliphatic rings. The van der Waals surface area contributed by atoms with Gasteiger partial charge in [0.25, 0.3) is 5.91 Å². The maximum atomic E-state index is 12.7. The molecule has 21 heavy (non-hydrogen) atoms. The number of rotatable bonds is 1. The van der Waals surface area contributed by atoms with Gasteiger partial charge in [0, 0.05) is 30.2 Å². The van der Waals surface area contributed by atoms with E-state index in [1.807, 2.05) is 12.1 Å². The van der Waals surface area contributed by atoms with Crippen molar-refractivity contribution in [1.29, 1.82) is 0 Å². The fraction of sp³-hybridized carbons (Fsp3) is 0.500. The molecule has 2 heterocycles. The first-order valence-corrected chi connectivity index (χ1v) is 7.90. The van der Waals surface area contributed by atoms with Crippen molar-refractivity contribution in [1.82, 2.24) is 9.80 Å². The van der Waals surface area contributed by atoms with Crippen LogP contribution in [0.5, 0.6) is 0 Å². The third-order valence-corrected chi connectivity index (χ3v) is 4.44. The Morgan fingerprint density at radius 1 is 1.29 bits per heavy atom. The molecule has 0 atom stereocenters. The van der Waals surface area contributed by atoms with E-state index in [0.717, 1.165) is 37.8 Å². The van der Waals surface area contributed by atoms with E-state index < -0.39 is 0 Å². The Labute approximate surface area is 130 Å². The van der Waals surface area contributed by atoms with Gasteiger partial charge in [0.15, 0.2) is 0 Å². The fourth-order valence-corrected chi connectivity index (χ4v) is 3.07. The molecule has 5 heteroatoms. The van der Waals surface area contributed by atoms with Gasteiger partial charge in [-0.05, 0) is 37.0 Å². The van der Waals surface area contributed by atoms with Gasteiger partial charge in [0.2, 0.25) is 5.96 Å². The molecule has 2 aliphatic heterocycles. The van der Waals surface area contributed by atoms with Crippen LogP contribution >= 0.6 is 11.6 Å². The number of hydrogen-bond donors (Lipinski definition) is 0. The lowest BCUT2D eigenvalue weighted by Crippen LogP contribution is -2.47. The zero-order chi connectivity index (χ0) is 14.8. The van der Waals surface area contributed by atoms with Crippen molar-refractivity contribution in [2.45, 2.75) is 19.8 Å². The van der Waals surface area contributed by atoms with Gasteiger partial charge in [0.05, 0.1) is 6.54 Å². The van der Waals surface area contributed by atoms with Gasteiger partial charge in [-0.2, -0.15) is 0 Å². The second kappa shape index (κ2) is 6.06. The van der Waals surface area contributed by atoms with Crippen LogP contribution in [0.4, 0.5) is 0 Å². The minimum Gasteiger partial charge on any atom is -0.342 e. The lowest BCUT2D eigenvalue weighted by Gasteiger charge is -2.34. The highest BCUT2D eigenvalue weighted by Gasteiger charge is 2.30. The molecule has 0 saturated carbocycles. The number of guanidine groups is 1. The van der Waals surface area contributed by atoms with E-state index in [1.165, 1.54) is 0 Å². The van der Waals surface area contributed by atoms with Gasteiger partial charge < -0.3 is 4.90 Å². The molecule has 0 aromatic heterocycles. The summed E-state index contributed by atoms with van der Waals surface area (Å²) < 4.78 is 0. The number of carbonyl (C=O) groups excluding carboxylic acids is 1. The largest absolute Gasteiger partial charge is 0.342 e. The molecule has 0 radical (unpaired) electrons. The second-order valence-electron chi connectivity index (χ2n) is 5.82. The Morgan fingerprint density at radius 2 is 2.05 bits per heavy atom. The summed E-state index contributed by atoms with van der Waals surface area (Å²) in [7, 11) is 0. The first-order valence-electron chi connectivity index (χ1n) is 7.52. The van der Waals surface area contributed by atoms with E-state index >= 15 is 0 Å². The lowest BCUT2D eigenvalue weighted by atomic mass is 9.99. The molecular formula is C16H20ClN3O. The summed E-state index contributed by atoms with van der Waals surface area (Å²) in [5.41, 5.74) is 0.627. The van der Waals surface area contributed by atoms with Crippen LogP contribution in [0.25, 0.3) is 0 Å². The molecule has 0 N–H and O–H groups in total. The highest BCUT2D eigenvalue weighted by molar-refractivity contribution is 6.31. The van der Waals surface area contributed by atoms with Crippen LogP contribution in [0, 0.1) is 5.92 Å². The molecule has 1 amide bonds. The number of aliphatic imine (C=N–C) groups is 1. The van der Waals surface area contributed by atoms with E-state index in [2.05, 4.69) is 16.8 Å². The van der Waals surface area contributed by atoms with E-state index in [1.54, 1.807) is 17.0 Å². The van der Waals surface area contributed by atoms with Crippen molar-refractivity contribution >= 4 is 23.5 Å². The molecule has 1 aromatic carbocycles. The molecule has 1 fully saturated rings. The zero-order valence-electron chi connectivity index (χ0n) is 12.3. The van der Waals surface area contributed by atoms with Crippen LogP contribution in [-0.2, 0) is 0 Å². The number of piperidine rings is 1. The molecule has 3 rings (SSSR count).